The molecule has 6 heteroatoms. The summed E-state index contributed by atoms with van der Waals surface area (Å²) in [5.74, 6) is 0. The summed E-state index contributed by atoms with van der Waals surface area (Å²) in [7, 11) is 0.212. The molecule has 0 saturated carbocycles. The van der Waals surface area contributed by atoms with Gasteiger partial charge in [-0.15, -0.1) is 0 Å². The van der Waals surface area contributed by atoms with Crippen molar-refractivity contribution in [2.24, 2.45) is 0 Å². The zero-order valence-electron chi connectivity index (χ0n) is 15.0. The highest BCUT2D eigenvalue weighted by atomic mass is 35.5. The molecular formula is C20H21ClN2O2S. The maximum absolute atomic E-state index is 12.9. The van der Waals surface area contributed by atoms with Gasteiger partial charge in [-0.05, 0) is 42.3 Å². The number of rotatable bonds is 5. The largest absolute Gasteiger partial charge is 0.377 e. The van der Waals surface area contributed by atoms with Crippen molar-refractivity contribution in [3.8, 4) is 0 Å². The Morgan fingerprint density at radius 3 is 2.42 bits per heavy atom. The van der Waals surface area contributed by atoms with Crippen LogP contribution in [-0.2, 0) is 16.6 Å². The third-order valence-corrected chi connectivity index (χ3v) is 6.09. The van der Waals surface area contributed by atoms with Crippen LogP contribution < -0.4 is 9.62 Å². The van der Waals surface area contributed by atoms with Gasteiger partial charge >= 0.3 is 0 Å². The number of hydrogen-bond acceptors (Lipinski definition) is 3. The van der Waals surface area contributed by atoms with Crippen LogP contribution in [0, 0.1) is 6.92 Å². The van der Waals surface area contributed by atoms with Crippen molar-refractivity contribution in [3.05, 3.63) is 70.7 Å². The molecule has 0 bridgehead atoms. The standard InChI is InChI=1S/C20H21ClN2O2S/c1-14-10-11-16(21)12-15(14)13-22-26(24,25)20-9-5-6-17-18(20)7-4-8-19(17)23(2)3/h4-12,22H,13H2,1-3H3. The van der Waals surface area contributed by atoms with Crippen LogP contribution in [0.4, 0.5) is 5.69 Å². The van der Waals surface area contributed by atoms with Crippen molar-refractivity contribution in [1.82, 2.24) is 4.72 Å². The lowest BCUT2D eigenvalue weighted by Gasteiger charge is -2.17. The van der Waals surface area contributed by atoms with Crippen LogP contribution in [0.1, 0.15) is 11.1 Å². The number of anilines is 1. The molecule has 0 aliphatic carbocycles. The van der Waals surface area contributed by atoms with Crippen molar-refractivity contribution >= 4 is 38.1 Å². The molecule has 1 N–H and O–H groups in total. The molecule has 3 aromatic carbocycles. The van der Waals surface area contributed by atoms with Gasteiger partial charge in [0.1, 0.15) is 0 Å². The van der Waals surface area contributed by atoms with Crippen LogP contribution in [0.3, 0.4) is 0 Å². The minimum atomic E-state index is -3.67. The first-order valence-electron chi connectivity index (χ1n) is 8.23. The van der Waals surface area contributed by atoms with Gasteiger partial charge in [-0.25, -0.2) is 13.1 Å². The number of halogens is 1. The van der Waals surface area contributed by atoms with E-state index in [0.717, 1.165) is 22.2 Å². The average Bonchev–Trinajstić information content (AvgIpc) is 2.61. The van der Waals surface area contributed by atoms with E-state index >= 15 is 0 Å². The van der Waals surface area contributed by atoms with Gasteiger partial charge in [-0.1, -0.05) is 41.9 Å². The van der Waals surface area contributed by atoms with E-state index in [0.29, 0.717) is 10.4 Å². The average molecular weight is 389 g/mol. The molecule has 0 atom stereocenters. The van der Waals surface area contributed by atoms with Crippen LogP contribution in [0.5, 0.6) is 0 Å². The molecule has 0 radical (unpaired) electrons. The highest BCUT2D eigenvalue weighted by molar-refractivity contribution is 7.89. The van der Waals surface area contributed by atoms with Crippen LogP contribution in [0.15, 0.2) is 59.5 Å². The smallest absolute Gasteiger partial charge is 0.241 e. The van der Waals surface area contributed by atoms with Gasteiger partial charge in [0, 0.05) is 42.1 Å². The molecule has 0 unspecified atom stereocenters. The summed E-state index contributed by atoms with van der Waals surface area (Å²) in [6.07, 6.45) is 0. The molecule has 0 aliphatic rings. The topological polar surface area (TPSA) is 49.4 Å². The number of hydrogen-bond donors (Lipinski definition) is 1. The summed E-state index contributed by atoms with van der Waals surface area (Å²) in [6, 6.07) is 16.5. The highest BCUT2D eigenvalue weighted by Gasteiger charge is 2.18. The van der Waals surface area contributed by atoms with Crippen LogP contribution in [-0.4, -0.2) is 22.5 Å². The fourth-order valence-corrected chi connectivity index (χ4v) is 4.39. The van der Waals surface area contributed by atoms with Crippen LogP contribution >= 0.6 is 11.6 Å². The molecule has 0 fully saturated rings. The minimum absolute atomic E-state index is 0.193. The summed E-state index contributed by atoms with van der Waals surface area (Å²) < 4.78 is 28.6. The van der Waals surface area contributed by atoms with E-state index in [1.807, 2.05) is 56.3 Å². The number of aryl methyl sites for hydroxylation is 1. The van der Waals surface area contributed by atoms with Crippen molar-refractivity contribution < 1.29 is 8.42 Å². The SMILES string of the molecule is Cc1ccc(Cl)cc1CNS(=O)(=O)c1cccc2c(N(C)C)cccc12. The Labute approximate surface area is 159 Å². The molecule has 3 aromatic rings. The zero-order chi connectivity index (χ0) is 18.9. The van der Waals surface area contributed by atoms with E-state index in [1.165, 1.54) is 0 Å². The Bertz CT molecular complexity index is 1060. The van der Waals surface area contributed by atoms with Crippen molar-refractivity contribution in [2.75, 3.05) is 19.0 Å². The first kappa shape index (κ1) is 18.7. The maximum atomic E-state index is 12.9. The van der Waals surface area contributed by atoms with Gasteiger partial charge in [0.2, 0.25) is 10.0 Å². The van der Waals surface area contributed by atoms with Crippen LogP contribution in [0.25, 0.3) is 10.8 Å². The fraction of sp³-hybridized carbons (Fsp3) is 0.200. The summed E-state index contributed by atoms with van der Waals surface area (Å²) in [5.41, 5.74) is 2.82. The lowest BCUT2D eigenvalue weighted by Crippen LogP contribution is -2.24. The highest BCUT2D eigenvalue weighted by Crippen LogP contribution is 2.30. The summed E-state index contributed by atoms with van der Waals surface area (Å²) in [6.45, 7) is 2.12. The Morgan fingerprint density at radius 2 is 1.69 bits per heavy atom. The third kappa shape index (κ3) is 3.70. The van der Waals surface area contributed by atoms with Crippen LogP contribution in [0.2, 0.25) is 5.02 Å². The van der Waals surface area contributed by atoms with E-state index < -0.39 is 10.0 Å². The molecule has 26 heavy (non-hydrogen) atoms. The number of nitrogens with one attached hydrogen (secondary N) is 1. The Kier molecular flexibility index (Phi) is 5.23. The second-order valence-corrected chi connectivity index (χ2v) is 8.59. The minimum Gasteiger partial charge on any atom is -0.377 e. The van der Waals surface area contributed by atoms with Crippen molar-refractivity contribution in [2.45, 2.75) is 18.4 Å². The van der Waals surface area contributed by atoms with Gasteiger partial charge in [-0.3, -0.25) is 0 Å². The first-order chi connectivity index (χ1) is 12.3. The van der Waals surface area contributed by atoms with Gasteiger partial charge < -0.3 is 4.90 Å². The van der Waals surface area contributed by atoms with Gasteiger partial charge in [0.25, 0.3) is 0 Å². The quantitative estimate of drug-likeness (QED) is 0.707. The van der Waals surface area contributed by atoms with Crippen molar-refractivity contribution in [1.29, 1.82) is 0 Å². The first-order valence-corrected chi connectivity index (χ1v) is 10.1. The van der Waals surface area contributed by atoms with Gasteiger partial charge in [-0.2, -0.15) is 0 Å². The Morgan fingerprint density at radius 1 is 1.00 bits per heavy atom. The molecule has 3 rings (SSSR count). The lowest BCUT2D eigenvalue weighted by atomic mass is 10.1. The predicted molar refractivity (Wildman–Crippen MR) is 108 cm³/mol. The van der Waals surface area contributed by atoms with E-state index in [9.17, 15) is 8.42 Å². The van der Waals surface area contributed by atoms with E-state index in [-0.39, 0.29) is 11.4 Å². The number of fused-ring (bicyclic) bond motifs is 1. The normalized spacial score (nSPS) is 11.7. The fourth-order valence-electron chi connectivity index (χ4n) is 2.97. The van der Waals surface area contributed by atoms with E-state index in [1.54, 1.807) is 24.3 Å². The van der Waals surface area contributed by atoms with Crippen molar-refractivity contribution in [3.63, 3.8) is 0 Å². The molecule has 0 aromatic heterocycles. The zero-order valence-corrected chi connectivity index (χ0v) is 16.5. The molecule has 0 aliphatic heterocycles. The molecule has 136 valence electrons. The summed E-state index contributed by atoms with van der Waals surface area (Å²) in [5, 5.41) is 2.19. The number of benzene rings is 3. The van der Waals surface area contributed by atoms with E-state index in [4.69, 9.17) is 11.6 Å². The molecular weight excluding hydrogens is 368 g/mol. The molecule has 0 amide bonds. The second-order valence-electron chi connectivity index (χ2n) is 6.42. The second kappa shape index (κ2) is 7.27. The maximum Gasteiger partial charge on any atom is 0.241 e. The predicted octanol–water partition coefficient (Wildman–Crippen LogP) is 4.35. The monoisotopic (exact) mass is 388 g/mol. The Balaban J connectivity index is 2.00. The van der Waals surface area contributed by atoms with Gasteiger partial charge in [0.05, 0.1) is 4.90 Å². The Hall–Kier alpha value is -2.08. The van der Waals surface area contributed by atoms with Gasteiger partial charge in [0.15, 0.2) is 0 Å². The summed E-state index contributed by atoms with van der Waals surface area (Å²) >= 11 is 6.03. The third-order valence-electron chi connectivity index (χ3n) is 4.39. The number of nitrogens with zero attached hydrogens (tertiary/aromatic N) is 1. The molecule has 0 spiro atoms. The molecule has 0 saturated heterocycles. The molecule has 0 heterocycles. The summed E-state index contributed by atoms with van der Waals surface area (Å²) in [4.78, 5) is 2.25. The van der Waals surface area contributed by atoms with E-state index in [2.05, 4.69) is 4.72 Å². The number of sulfonamides is 1. The lowest BCUT2D eigenvalue weighted by molar-refractivity contribution is 0.582. The molecule has 4 nitrogen and oxygen atoms in total.